The number of anilines is 1. The van der Waals surface area contributed by atoms with Crippen LogP contribution in [-0.4, -0.2) is 22.6 Å². The zero-order valence-electron chi connectivity index (χ0n) is 14.5. The van der Waals surface area contributed by atoms with Gasteiger partial charge >= 0.3 is 6.18 Å². The summed E-state index contributed by atoms with van der Waals surface area (Å²) in [5.74, 6) is 1.18. The predicted octanol–water partition coefficient (Wildman–Crippen LogP) is 5.10. The molecule has 1 atom stereocenters. The Labute approximate surface area is 145 Å². The topological polar surface area (TPSA) is 29.0 Å². The van der Waals surface area contributed by atoms with Gasteiger partial charge in [0.05, 0.1) is 5.56 Å². The SMILES string of the molecule is CCCc1cc(N2CCCC2C)nc(-c2cccc(C(F)(F)F)c2)n1. The summed E-state index contributed by atoms with van der Waals surface area (Å²) < 4.78 is 39.0. The van der Waals surface area contributed by atoms with Crippen molar-refractivity contribution in [3.8, 4) is 11.4 Å². The molecular weight excluding hydrogens is 327 g/mol. The average Bonchev–Trinajstić information content (AvgIpc) is 3.00. The number of hydrogen-bond donors (Lipinski definition) is 0. The number of alkyl halides is 3. The number of rotatable bonds is 4. The van der Waals surface area contributed by atoms with Gasteiger partial charge in [-0.25, -0.2) is 9.97 Å². The molecule has 3 rings (SSSR count). The van der Waals surface area contributed by atoms with Gasteiger partial charge in [-0.15, -0.1) is 0 Å². The maximum Gasteiger partial charge on any atom is 0.416 e. The molecule has 2 aromatic rings. The largest absolute Gasteiger partial charge is 0.416 e. The van der Waals surface area contributed by atoms with Crippen molar-refractivity contribution in [3.05, 3.63) is 41.6 Å². The van der Waals surface area contributed by atoms with Crippen molar-refractivity contribution in [1.29, 1.82) is 0 Å². The van der Waals surface area contributed by atoms with Gasteiger partial charge in [-0.05, 0) is 38.3 Å². The Bertz CT molecular complexity index is 743. The third kappa shape index (κ3) is 3.94. The molecular formula is C19H22F3N3. The van der Waals surface area contributed by atoms with E-state index in [0.29, 0.717) is 17.4 Å². The van der Waals surface area contributed by atoms with Gasteiger partial charge in [-0.2, -0.15) is 13.2 Å². The summed E-state index contributed by atoms with van der Waals surface area (Å²) >= 11 is 0. The van der Waals surface area contributed by atoms with Crippen LogP contribution in [0.15, 0.2) is 30.3 Å². The molecule has 2 heterocycles. The Morgan fingerprint density at radius 1 is 1.20 bits per heavy atom. The predicted molar refractivity (Wildman–Crippen MR) is 92.5 cm³/mol. The molecule has 1 fully saturated rings. The first-order valence-corrected chi connectivity index (χ1v) is 8.70. The van der Waals surface area contributed by atoms with E-state index in [0.717, 1.165) is 55.9 Å². The molecule has 3 nitrogen and oxygen atoms in total. The van der Waals surface area contributed by atoms with Crippen molar-refractivity contribution in [1.82, 2.24) is 9.97 Å². The zero-order chi connectivity index (χ0) is 18.0. The van der Waals surface area contributed by atoms with Crippen LogP contribution in [0.4, 0.5) is 19.0 Å². The standard InChI is InChI=1S/C19H22F3N3/c1-3-6-16-12-17(25-10-5-7-13(25)2)24-18(23-16)14-8-4-9-15(11-14)19(20,21)22/h4,8-9,11-13H,3,5-7,10H2,1-2H3. The molecule has 25 heavy (non-hydrogen) atoms. The third-order valence-electron chi connectivity index (χ3n) is 4.57. The molecule has 0 radical (unpaired) electrons. The fraction of sp³-hybridized carbons (Fsp3) is 0.474. The van der Waals surface area contributed by atoms with Gasteiger partial charge in [-0.1, -0.05) is 25.5 Å². The molecule has 1 aromatic carbocycles. The lowest BCUT2D eigenvalue weighted by Crippen LogP contribution is -2.27. The number of hydrogen-bond acceptors (Lipinski definition) is 3. The highest BCUT2D eigenvalue weighted by Crippen LogP contribution is 2.32. The molecule has 6 heteroatoms. The van der Waals surface area contributed by atoms with Gasteiger partial charge in [0.1, 0.15) is 5.82 Å². The molecule has 1 aromatic heterocycles. The van der Waals surface area contributed by atoms with Crippen LogP contribution in [0.2, 0.25) is 0 Å². The Hall–Kier alpha value is -2.11. The highest BCUT2D eigenvalue weighted by atomic mass is 19.4. The number of nitrogens with zero attached hydrogens (tertiary/aromatic N) is 3. The molecule has 1 aliphatic rings. The van der Waals surface area contributed by atoms with E-state index < -0.39 is 11.7 Å². The van der Waals surface area contributed by atoms with Gasteiger partial charge in [-0.3, -0.25) is 0 Å². The van der Waals surface area contributed by atoms with Crippen LogP contribution in [0.25, 0.3) is 11.4 Å². The van der Waals surface area contributed by atoms with E-state index in [9.17, 15) is 13.2 Å². The van der Waals surface area contributed by atoms with Gasteiger partial charge in [0.15, 0.2) is 5.82 Å². The van der Waals surface area contributed by atoms with Gasteiger partial charge in [0.25, 0.3) is 0 Å². The summed E-state index contributed by atoms with van der Waals surface area (Å²) in [7, 11) is 0. The minimum atomic E-state index is -4.37. The van der Waals surface area contributed by atoms with E-state index in [1.54, 1.807) is 6.07 Å². The Morgan fingerprint density at radius 3 is 2.64 bits per heavy atom. The lowest BCUT2D eigenvalue weighted by Gasteiger charge is -2.23. The van der Waals surface area contributed by atoms with Crippen molar-refractivity contribution in [2.24, 2.45) is 0 Å². The molecule has 1 aliphatic heterocycles. The van der Waals surface area contributed by atoms with Gasteiger partial charge < -0.3 is 4.90 Å². The van der Waals surface area contributed by atoms with E-state index in [1.165, 1.54) is 6.07 Å². The fourth-order valence-electron chi connectivity index (χ4n) is 3.25. The van der Waals surface area contributed by atoms with E-state index in [2.05, 4.69) is 28.7 Å². The van der Waals surface area contributed by atoms with Crippen molar-refractivity contribution in [2.45, 2.75) is 51.7 Å². The van der Waals surface area contributed by atoms with Crippen LogP contribution in [0.3, 0.4) is 0 Å². The van der Waals surface area contributed by atoms with Crippen molar-refractivity contribution in [2.75, 3.05) is 11.4 Å². The van der Waals surface area contributed by atoms with Crippen molar-refractivity contribution < 1.29 is 13.2 Å². The van der Waals surface area contributed by atoms with Crippen LogP contribution >= 0.6 is 0 Å². The van der Waals surface area contributed by atoms with Crippen molar-refractivity contribution >= 4 is 5.82 Å². The lowest BCUT2D eigenvalue weighted by atomic mass is 10.1. The van der Waals surface area contributed by atoms with E-state index in [4.69, 9.17) is 0 Å². The lowest BCUT2D eigenvalue weighted by molar-refractivity contribution is -0.137. The minimum absolute atomic E-state index is 0.367. The third-order valence-corrected chi connectivity index (χ3v) is 4.57. The normalized spacial score (nSPS) is 18.0. The minimum Gasteiger partial charge on any atom is -0.354 e. The van der Waals surface area contributed by atoms with E-state index in [-0.39, 0.29) is 0 Å². The maximum atomic E-state index is 13.0. The second-order valence-corrected chi connectivity index (χ2v) is 6.55. The molecule has 0 aliphatic carbocycles. The second kappa shape index (κ2) is 7.02. The Kier molecular flexibility index (Phi) is 4.97. The number of aromatic nitrogens is 2. The van der Waals surface area contributed by atoms with Crippen molar-refractivity contribution in [3.63, 3.8) is 0 Å². The number of benzene rings is 1. The maximum absolute atomic E-state index is 13.0. The Balaban J connectivity index is 2.04. The van der Waals surface area contributed by atoms with Gasteiger partial charge in [0.2, 0.25) is 0 Å². The molecule has 0 spiro atoms. The summed E-state index contributed by atoms with van der Waals surface area (Å²) in [5.41, 5.74) is 0.602. The van der Waals surface area contributed by atoms with Crippen LogP contribution in [0, 0.1) is 0 Å². The fourth-order valence-corrected chi connectivity index (χ4v) is 3.25. The number of halogens is 3. The van der Waals surface area contributed by atoms with Crippen LogP contribution in [0.5, 0.6) is 0 Å². The molecule has 0 amide bonds. The summed E-state index contributed by atoms with van der Waals surface area (Å²) in [6, 6.07) is 7.61. The Morgan fingerprint density at radius 2 is 2.00 bits per heavy atom. The highest BCUT2D eigenvalue weighted by Gasteiger charge is 2.31. The second-order valence-electron chi connectivity index (χ2n) is 6.55. The smallest absolute Gasteiger partial charge is 0.354 e. The molecule has 134 valence electrons. The first kappa shape index (κ1) is 17.7. The number of aryl methyl sites for hydroxylation is 1. The van der Waals surface area contributed by atoms with Crippen LogP contribution in [0.1, 0.15) is 44.4 Å². The molecule has 0 N–H and O–H groups in total. The molecule has 1 unspecified atom stereocenters. The zero-order valence-corrected chi connectivity index (χ0v) is 14.5. The summed E-state index contributed by atoms with van der Waals surface area (Å²) in [5, 5.41) is 0. The molecule has 0 saturated carbocycles. The summed E-state index contributed by atoms with van der Waals surface area (Å²) in [6.45, 7) is 5.13. The molecule has 0 bridgehead atoms. The monoisotopic (exact) mass is 349 g/mol. The summed E-state index contributed by atoms with van der Waals surface area (Å²) in [4.78, 5) is 11.3. The molecule has 1 saturated heterocycles. The quantitative estimate of drug-likeness (QED) is 0.769. The van der Waals surface area contributed by atoms with Gasteiger partial charge in [0, 0.05) is 29.9 Å². The van der Waals surface area contributed by atoms with Crippen LogP contribution in [-0.2, 0) is 12.6 Å². The van der Waals surface area contributed by atoms with E-state index in [1.807, 2.05) is 6.07 Å². The first-order valence-electron chi connectivity index (χ1n) is 8.70. The van der Waals surface area contributed by atoms with Crippen LogP contribution < -0.4 is 4.90 Å². The highest BCUT2D eigenvalue weighted by molar-refractivity contribution is 5.59. The first-order chi connectivity index (χ1) is 11.9. The average molecular weight is 349 g/mol. The van der Waals surface area contributed by atoms with E-state index >= 15 is 0 Å². The summed E-state index contributed by atoms with van der Waals surface area (Å²) in [6.07, 6.45) is -0.458.